The molecule has 0 aliphatic carbocycles. The molecular weight excluding hydrogens is 402 g/mol. The van der Waals surface area contributed by atoms with Crippen LogP contribution >= 0.6 is 0 Å². The summed E-state index contributed by atoms with van der Waals surface area (Å²) in [6.07, 6.45) is 3.45. The molecule has 32 heavy (non-hydrogen) atoms. The van der Waals surface area contributed by atoms with E-state index in [-0.39, 0.29) is 12.3 Å². The Morgan fingerprint density at radius 3 is 2.44 bits per heavy atom. The lowest BCUT2D eigenvalue weighted by Gasteiger charge is -2.34. The predicted molar refractivity (Wildman–Crippen MR) is 126 cm³/mol. The largest absolute Gasteiger partial charge is 0.465 e. The van der Waals surface area contributed by atoms with Gasteiger partial charge in [0.2, 0.25) is 5.91 Å². The molecule has 1 aromatic heterocycles. The summed E-state index contributed by atoms with van der Waals surface area (Å²) in [5.74, 6) is -0.0351. The molecule has 2 aromatic carbocycles. The van der Waals surface area contributed by atoms with Gasteiger partial charge in [0.1, 0.15) is 0 Å². The number of rotatable bonds is 4. The van der Waals surface area contributed by atoms with Gasteiger partial charge in [-0.2, -0.15) is 0 Å². The first-order chi connectivity index (χ1) is 15.3. The SMILES string of the molecule is CC(C)(C)N(C(=O)O)c1ccccc1CC(=O)N1CCc2cc(-c3ccncc3)ccc21. The maximum atomic E-state index is 13.3. The van der Waals surface area contributed by atoms with Crippen molar-refractivity contribution in [2.24, 2.45) is 0 Å². The fraction of sp³-hybridized carbons (Fsp3) is 0.269. The Kier molecular flexibility index (Phi) is 5.70. The monoisotopic (exact) mass is 429 g/mol. The van der Waals surface area contributed by atoms with E-state index < -0.39 is 11.6 Å². The zero-order valence-electron chi connectivity index (χ0n) is 18.6. The molecule has 1 N–H and O–H groups in total. The van der Waals surface area contributed by atoms with E-state index in [0.29, 0.717) is 17.8 Å². The first-order valence-electron chi connectivity index (χ1n) is 10.7. The molecule has 2 amide bonds. The molecule has 1 aliphatic rings. The summed E-state index contributed by atoms with van der Waals surface area (Å²) >= 11 is 0. The number of amides is 2. The molecule has 0 fully saturated rings. The van der Waals surface area contributed by atoms with Crippen molar-refractivity contribution in [2.75, 3.05) is 16.3 Å². The van der Waals surface area contributed by atoms with Crippen LogP contribution in [0.1, 0.15) is 31.9 Å². The van der Waals surface area contributed by atoms with Crippen LogP contribution in [0.5, 0.6) is 0 Å². The molecule has 3 aromatic rings. The Balaban J connectivity index is 1.59. The standard InChI is InChI=1S/C26H27N3O3/c1-26(2,3)29(25(31)32)23-7-5-4-6-20(23)17-24(30)28-15-12-21-16-19(8-9-22(21)28)18-10-13-27-14-11-18/h4-11,13-14,16H,12,15,17H2,1-3H3,(H,31,32). The van der Waals surface area contributed by atoms with Crippen molar-refractivity contribution in [1.82, 2.24) is 4.98 Å². The number of pyridine rings is 1. The summed E-state index contributed by atoms with van der Waals surface area (Å²) < 4.78 is 0. The van der Waals surface area contributed by atoms with Crippen LogP contribution in [0.4, 0.5) is 16.2 Å². The number of aromatic nitrogens is 1. The first-order valence-corrected chi connectivity index (χ1v) is 10.7. The number of fused-ring (bicyclic) bond motifs is 1. The van der Waals surface area contributed by atoms with Crippen molar-refractivity contribution in [2.45, 2.75) is 39.2 Å². The maximum Gasteiger partial charge on any atom is 0.412 e. The first kappa shape index (κ1) is 21.6. The number of nitrogens with zero attached hydrogens (tertiary/aromatic N) is 3. The van der Waals surface area contributed by atoms with Crippen molar-refractivity contribution < 1.29 is 14.7 Å². The lowest BCUT2D eigenvalue weighted by molar-refractivity contribution is -0.117. The molecule has 6 heteroatoms. The van der Waals surface area contributed by atoms with Crippen LogP contribution < -0.4 is 9.80 Å². The number of hydrogen-bond donors (Lipinski definition) is 1. The average Bonchev–Trinajstić information content (AvgIpc) is 3.18. The highest BCUT2D eigenvalue weighted by atomic mass is 16.4. The van der Waals surface area contributed by atoms with Crippen molar-refractivity contribution in [3.8, 4) is 11.1 Å². The smallest absolute Gasteiger partial charge is 0.412 e. The van der Waals surface area contributed by atoms with Gasteiger partial charge in [0.15, 0.2) is 0 Å². The zero-order valence-corrected chi connectivity index (χ0v) is 18.6. The third-order valence-corrected chi connectivity index (χ3v) is 5.73. The maximum absolute atomic E-state index is 13.3. The number of benzene rings is 2. The van der Waals surface area contributed by atoms with Gasteiger partial charge in [0.25, 0.3) is 0 Å². The molecule has 6 nitrogen and oxygen atoms in total. The minimum atomic E-state index is -1.03. The molecule has 0 bridgehead atoms. The third-order valence-electron chi connectivity index (χ3n) is 5.73. The summed E-state index contributed by atoms with van der Waals surface area (Å²) in [6, 6.07) is 17.3. The number of carbonyl (C=O) groups excluding carboxylic acids is 1. The number of carbonyl (C=O) groups is 2. The van der Waals surface area contributed by atoms with Gasteiger partial charge in [0.05, 0.1) is 12.1 Å². The van der Waals surface area contributed by atoms with Crippen LogP contribution in [0.2, 0.25) is 0 Å². The van der Waals surface area contributed by atoms with E-state index in [1.54, 1.807) is 24.5 Å². The molecule has 0 radical (unpaired) electrons. The Morgan fingerprint density at radius 1 is 1.03 bits per heavy atom. The summed E-state index contributed by atoms with van der Waals surface area (Å²) in [5.41, 5.74) is 4.89. The Labute approximate surface area is 188 Å². The highest BCUT2D eigenvalue weighted by Gasteiger charge is 2.31. The molecular formula is C26H27N3O3. The van der Waals surface area contributed by atoms with E-state index in [1.165, 1.54) is 4.90 Å². The Bertz CT molecular complexity index is 1150. The van der Waals surface area contributed by atoms with Crippen LogP contribution in [0.3, 0.4) is 0 Å². The van der Waals surface area contributed by atoms with Gasteiger partial charge in [-0.25, -0.2) is 4.79 Å². The second-order valence-corrected chi connectivity index (χ2v) is 8.97. The van der Waals surface area contributed by atoms with Gasteiger partial charge in [-0.05, 0) is 79.8 Å². The highest BCUT2D eigenvalue weighted by molar-refractivity contribution is 5.99. The van der Waals surface area contributed by atoms with E-state index in [9.17, 15) is 14.7 Å². The molecule has 1 aliphatic heterocycles. The molecule has 0 saturated carbocycles. The van der Waals surface area contributed by atoms with E-state index in [2.05, 4.69) is 11.1 Å². The third kappa shape index (κ3) is 4.21. The average molecular weight is 430 g/mol. The summed E-state index contributed by atoms with van der Waals surface area (Å²) in [6.45, 7) is 6.16. The van der Waals surface area contributed by atoms with Crippen LogP contribution in [0, 0.1) is 0 Å². The van der Waals surface area contributed by atoms with E-state index in [0.717, 1.165) is 28.8 Å². The lowest BCUT2D eigenvalue weighted by Crippen LogP contribution is -2.45. The van der Waals surface area contributed by atoms with Gasteiger partial charge < -0.3 is 10.0 Å². The minimum Gasteiger partial charge on any atom is -0.465 e. The second kappa shape index (κ2) is 8.46. The molecule has 164 valence electrons. The van der Waals surface area contributed by atoms with Gasteiger partial charge in [-0.1, -0.05) is 24.3 Å². The van der Waals surface area contributed by atoms with Crippen molar-refractivity contribution in [3.63, 3.8) is 0 Å². The molecule has 0 unspecified atom stereocenters. The molecule has 0 atom stereocenters. The van der Waals surface area contributed by atoms with Crippen LogP contribution in [0.15, 0.2) is 67.0 Å². The fourth-order valence-corrected chi connectivity index (χ4v) is 4.27. The van der Waals surface area contributed by atoms with Gasteiger partial charge in [-0.3, -0.25) is 14.7 Å². The van der Waals surface area contributed by atoms with Crippen LogP contribution in [0.25, 0.3) is 11.1 Å². The van der Waals surface area contributed by atoms with E-state index in [1.807, 2.05) is 62.1 Å². The fourth-order valence-electron chi connectivity index (χ4n) is 4.27. The predicted octanol–water partition coefficient (Wildman–Crippen LogP) is 5.16. The van der Waals surface area contributed by atoms with Crippen LogP contribution in [-0.2, 0) is 17.6 Å². The second-order valence-electron chi connectivity index (χ2n) is 8.97. The topological polar surface area (TPSA) is 73.7 Å². The highest BCUT2D eigenvalue weighted by Crippen LogP contribution is 2.34. The van der Waals surface area contributed by atoms with Crippen molar-refractivity contribution in [1.29, 1.82) is 0 Å². The summed E-state index contributed by atoms with van der Waals surface area (Å²) in [7, 11) is 0. The van der Waals surface area contributed by atoms with E-state index >= 15 is 0 Å². The number of para-hydroxylation sites is 1. The number of carboxylic acid groups (broad SMARTS) is 1. The van der Waals surface area contributed by atoms with Gasteiger partial charge in [0, 0.05) is 30.2 Å². The Hall–Kier alpha value is -3.67. The summed E-state index contributed by atoms with van der Waals surface area (Å²) in [5, 5.41) is 9.81. The Morgan fingerprint density at radius 2 is 1.75 bits per heavy atom. The molecule has 4 rings (SSSR count). The number of anilines is 2. The van der Waals surface area contributed by atoms with Crippen LogP contribution in [-0.4, -0.2) is 34.2 Å². The van der Waals surface area contributed by atoms with Gasteiger partial charge >= 0.3 is 6.09 Å². The molecule has 0 spiro atoms. The molecule has 0 saturated heterocycles. The van der Waals surface area contributed by atoms with Crippen molar-refractivity contribution in [3.05, 3.63) is 78.1 Å². The minimum absolute atomic E-state index is 0.0351. The zero-order chi connectivity index (χ0) is 22.9. The molecule has 2 heterocycles. The number of hydrogen-bond acceptors (Lipinski definition) is 3. The normalized spacial score (nSPS) is 13.0. The summed E-state index contributed by atoms with van der Waals surface area (Å²) in [4.78, 5) is 32.5. The quantitative estimate of drug-likeness (QED) is 0.621. The van der Waals surface area contributed by atoms with Gasteiger partial charge in [-0.15, -0.1) is 0 Å². The van der Waals surface area contributed by atoms with Crippen molar-refractivity contribution >= 4 is 23.4 Å². The lowest BCUT2D eigenvalue weighted by atomic mass is 10.0. The van der Waals surface area contributed by atoms with E-state index in [4.69, 9.17) is 0 Å².